The van der Waals surface area contributed by atoms with Crippen molar-refractivity contribution in [2.75, 3.05) is 13.7 Å². The van der Waals surface area contributed by atoms with Crippen LogP contribution in [0.5, 0.6) is 5.75 Å². The lowest BCUT2D eigenvalue weighted by Gasteiger charge is -2.09. The molecule has 0 aliphatic rings. The zero-order valence-corrected chi connectivity index (χ0v) is 11.2. The molecule has 16 heavy (non-hydrogen) atoms. The van der Waals surface area contributed by atoms with Crippen molar-refractivity contribution < 1.29 is 14.3 Å². The molecule has 0 bridgehead atoms. The molecule has 0 N–H and O–H groups in total. The van der Waals surface area contributed by atoms with Crippen LogP contribution in [-0.2, 0) is 4.74 Å². The molecule has 0 aliphatic heterocycles. The van der Waals surface area contributed by atoms with Crippen molar-refractivity contribution in [2.45, 2.75) is 20.0 Å². The highest BCUT2D eigenvalue weighted by atomic mass is 79.9. The van der Waals surface area contributed by atoms with Crippen molar-refractivity contribution in [1.29, 1.82) is 0 Å². The van der Waals surface area contributed by atoms with E-state index < -0.39 is 0 Å². The number of ether oxygens (including phenoxy) is 2. The molecular weight excluding hydrogens is 272 g/mol. The minimum atomic E-state index is -0.0560. The molecule has 0 saturated carbocycles. The maximum Gasteiger partial charge on any atom is 0.189 e. The SMILES string of the molecule is COc1ccc(Br)c(C(=O)COC(C)C)c1. The van der Waals surface area contributed by atoms with Crippen molar-refractivity contribution >= 4 is 21.7 Å². The third kappa shape index (κ3) is 3.61. The van der Waals surface area contributed by atoms with Crippen LogP contribution in [-0.4, -0.2) is 25.6 Å². The van der Waals surface area contributed by atoms with Crippen LogP contribution >= 0.6 is 15.9 Å². The summed E-state index contributed by atoms with van der Waals surface area (Å²) in [4.78, 5) is 11.8. The fourth-order valence-electron chi connectivity index (χ4n) is 1.17. The predicted molar refractivity (Wildman–Crippen MR) is 66.1 cm³/mol. The van der Waals surface area contributed by atoms with Crippen molar-refractivity contribution in [2.24, 2.45) is 0 Å². The first kappa shape index (κ1) is 13.2. The Kier molecular flexibility index (Phi) is 4.96. The van der Waals surface area contributed by atoms with Gasteiger partial charge in [0, 0.05) is 10.0 Å². The van der Waals surface area contributed by atoms with Crippen LogP contribution in [0.4, 0.5) is 0 Å². The van der Waals surface area contributed by atoms with Gasteiger partial charge >= 0.3 is 0 Å². The molecule has 0 atom stereocenters. The quantitative estimate of drug-likeness (QED) is 0.781. The molecule has 0 heterocycles. The second-order valence-electron chi connectivity index (χ2n) is 3.63. The van der Waals surface area contributed by atoms with Crippen LogP contribution in [0.15, 0.2) is 22.7 Å². The van der Waals surface area contributed by atoms with Gasteiger partial charge in [-0.1, -0.05) is 15.9 Å². The van der Waals surface area contributed by atoms with Gasteiger partial charge in [-0.2, -0.15) is 0 Å². The van der Waals surface area contributed by atoms with Crippen LogP contribution in [0.1, 0.15) is 24.2 Å². The van der Waals surface area contributed by atoms with E-state index >= 15 is 0 Å². The summed E-state index contributed by atoms with van der Waals surface area (Å²) in [5.41, 5.74) is 0.583. The average molecular weight is 287 g/mol. The molecule has 0 fully saturated rings. The standard InChI is InChI=1S/C12H15BrO3/c1-8(2)16-7-12(14)10-6-9(15-3)4-5-11(10)13/h4-6,8H,7H2,1-3H3. The zero-order valence-electron chi connectivity index (χ0n) is 9.62. The van der Waals surface area contributed by atoms with E-state index in [1.165, 1.54) is 0 Å². The number of methoxy groups -OCH3 is 1. The molecule has 0 unspecified atom stereocenters. The second-order valence-corrected chi connectivity index (χ2v) is 4.48. The number of hydrogen-bond donors (Lipinski definition) is 0. The van der Waals surface area contributed by atoms with Gasteiger partial charge in [-0.15, -0.1) is 0 Å². The summed E-state index contributed by atoms with van der Waals surface area (Å²) in [6.07, 6.45) is 0.0494. The van der Waals surface area contributed by atoms with Crippen LogP contribution in [0, 0.1) is 0 Å². The van der Waals surface area contributed by atoms with Crippen LogP contribution < -0.4 is 4.74 Å². The lowest BCUT2D eigenvalue weighted by molar-refractivity contribution is 0.0584. The number of hydrogen-bond acceptors (Lipinski definition) is 3. The summed E-state index contributed by atoms with van der Waals surface area (Å²) >= 11 is 3.34. The first-order chi connectivity index (χ1) is 7.54. The van der Waals surface area contributed by atoms with Crippen molar-refractivity contribution in [1.82, 2.24) is 0 Å². The Hall–Kier alpha value is -0.870. The van der Waals surface area contributed by atoms with Crippen molar-refractivity contribution in [3.8, 4) is 5.75 Å². The van der Waals surface area contributed by atoms with E-state index in [-0.39, 0.29) is 18.5 Å². The number of Topliss-reactive ketones (excluding diaryl/α,β-unsaturated/α-hetero) is 1. The summed E-state index contributed by atoms with van der Waals surface area (Å²) in [5, 5.41) is 0. The number of ketones is 1. The monoisotopic (exact) mass is 286 g/mol. The Labute approximate surface area is 104 Å². The first-order valence-corrected chi connectivity index (χ1v) is 5.82. The lowest BCUT2D eigenvalue weighted by atomic mass is 10.1. The Morgan fingerprint density at radius 1 is 1.44 bits per heavy atom. The van der Waals surface area contributed by atoms with Crippen molar-refractivity contribution in [3.63, 3.8) is 0 Å². The Bertz CT molecular complexity index is 375. The first-order valence-electron chi connectivity index (χ1n) is 5.03. The van der Waals surface area contributed by atoms with Gasteiger partial charge in [0.25, 0.3) is 0 Å². The molecule has 4 heteroatoms. The number of halogens is 1. The van der Waals surface area contributed by atoms with E-state index in [0.29, 0.717) is 11.3 Å². The van der Waals surface area contributed by atoms with Crippen molar-refractivity contribution in [3.05, 3.63) is 28.2 Å². The number of carbonyl (C=O) groups excluding carboxylic acids is 1. The summed E-state index contributed by atoms with van der Waals surface area (Å²) in [7, 11) is 1.57. The molecule has 1 aromatic rings. The second kappa shape index (κ2) is 6.01. The van der Waals surface area contributed by atoms with Gasteiger partial charge in [0.05, 0.1) is 13.2 Å². The van der Waals surface area contributed by atoms with Gasteiger partial charge in [-0.3, -0.25) is 4.79 Å². The number of rotatable bonds is 5. The third-order valence-electron chi connectivity index (χ3n) is 2.02. The topological polar surface area (TPSA) is 35.5 Å². The highest BCUT2D eigenvalue weighted by Crippen LogP contribution is 2.23. The molecule has 0 saturated heterocycles. The normalized spacial score (nSPS) is 10.6. The van der Waals surface area contributed by atoms with E-state index in [9.17, 15) is 4.79 Å². The zero-order chi connectivity index (χ0) is 12.1. The van der Waals surface area contributed by atoms with Crippen LogP contribution in [0.25, 0.3) is 0 Å². The van der Waals surface area contributed by atoms with Gasteiger partial charge in [-0.05, 0) is 32.0 Å². The maximum absolute atomic E-state index is 11.8. The molecular formula is C12H15BrO3. The minimum Gasteiger partial charge on any atom is -0.497 e. The van der Waals surface area contributed by atoms with Gasteiger partial charge in [0.1, 0.15) is 12.4 Å². The molecule has 0 spiro atoms. The third-order valence-corrected chi connectivity index (χ3v) is 2.71. The highest BCUT2D eigenvalue weighted by molar-refractivity contribution is 9.10. The molecule has 88 valence electrons. The fraction of sp³-hybridized carbons (Fsp3) is 0.417. The Morgan fingerprint density at radius 2 is 2.12 bits per heavy atom. The minimum absolute atomic E-state index is 0.0494. The Morgan fingerprint density at radius 3 is 2.69 bits per heavy atom. The van der Waals surface area contributed by atoms with Crippen LogP contribution in [0.2, 0.25) is 0 Å². The molecule has 0 amide bonds. The summed E-state index contributed by atoms with van der Waals surface area (Å²) in [6.45, 7) is 3.88. The molecule has 1 rings (SSSR count). The highest BCUT2D eigenvalue weighted by Gasteiger charge is 2.12. The molecule has 0 aromatic heterocycles. The number of carbonyl (C=O) groups is 1. The summed E-state index contributed by atoms with van der Waals surface area (Å²) < 4.78 is 11.1. The van der Waals surface area contributed by atoms with Gasteiger partial charge < -0.3 is 9.47 Å². The smallest absolute Gasteiger partial charge is 0.189 e. The van der Waals surface area contributed by atoms with E-state index in [1.807, 2.05) is 13.8 Å². The molecule has 3 nitrogen and oxygen atoms in total. The summed E-state index contributed by atoms with van der Waals surface area (Å²) in [5.74, 6) is 0.607. The predicted octanol–water partition coefficient (Wildman–Crippen LogP) is 3.07. The Balaban J connectivity index is 2.81. The van der Waals surface area contributed by atoms with Gasteiger partial charge in [-0.25, -0.2) is 0 Å². The van der Waals surface area contributed by atoms with E-state index in [4.69, 9.17) is 9.47 Å². The summed E-state index contributed by atoms with van der Waals surface area (Å²) in [6, 6.07) is 5.29. The maximum atomic E-state index is 11.8. The largest absolute Gasteiger partial charge is 0.497 e. The molecule has 0 radical (unpaired) electrons. The molecule has 1 aromatic carbocycles. The van der Waals surface area contributed by atoms with Crippen LogP contribution in [0.3, 0.4) is 0 Å². The number of benzene rings is 1. The van der Waals surface area contributed by atoms with E-state index in [0.717, 1.165) is 4.47 Å². The average Bonchev–Trinajstić information content (AvgIpc) is 2.26. The van der Waals surface area contributed by atoms with E-state index in [2.05, 4.69) is 15.9 Å². The lowest BCUT2D eigenvalue weighted by Crippen LogP contribution is -2.14. The van der Waals surface area contributed by atoms with Gasteiger partial charge in [0.2, 0.25) is 0 Å². The molecule has 0 aliphatic carbocycles. The van der Waals surface area contributed by atoms with E-state index in [1.54, 1.807) is 25.3 Å². The fourth-order valence-corrected chi connectivity index (χ4v) is 1.63. The van der Waals surface area contributed by atoms with Gasteiger partial charge in [0.15, 0.2) is 5.78 Å².